The molecule has 1 aromatic carbocycles. The molecule has 1 aliphatic heterocycles. The lowest BCUT2D eigenvalue weighted by atomic mass is 9.81. The molecule has 7 heteroatoms. The van der Waals surface area contributed by atoms with E-state index in [1.807, 2.05) is 13.8 Å². The molecule has 0 amide bonds. The van der Waals surface area contributed by atoms with Crippen LogP contribution in [0.4, 0.5) is 0 Å². The third kappa shape index (κ3) is 3.41. The number of methoxy groups -OCH3 is 1. The van der Waals surface area contributed by atoms with Crippen molar-refractivity contribution in [2.45, 2.75) is 38.1 Å². The first kappa shape index (κ1) is 17.9. The van der Waals surface area contributed by atoms with Gasteiger partial charge in [-0.3, -0.25) is 0 Å². The molecule has 23 heavy (non-hydrogen) atoms. The number of nitrogens with zero attached hydrogens (tertiary/aromatic N) is 1. The fourth-order valence-electron chi connectivity index (χ4n) is 2.79. The molecule has 0 aromatic heterocycles. The van der Waals surface area contributed by atoms with E-state index < -0.39 is 16.0 Å². The van der Waals surface area contributed by atoms with Gasteiger partial charge in [-0.05, 0) is 36.5 Å². The Morgan fingerprint density at radius 3 is 2.61 bits per heavy atom. The van der Waals surface area contributed by atoms with Gasteiger partial charge in [0, 0.05) is 19.1 Å². The first-order valence-corrected chi connectivity index (χ1v) is 8.98. The molecule has 0 bridgehead atoms. The van der Waals surface area contributed by atoms with Crippen molar-refractivity contribution in [3.8, 4) is 0 Å². The van der Waals surface area contributed by atoms with Crippen LogP contribution in [0.2, 0.25) is 0 Å². The van der Waals surface area contributed by atoms with E-state index in [9.17, 15) is 13.2 Å². The largest absolute Gasteiger partial charge is 0.465 e. The first-order chi connectivity index (χ1) is 10.6. The van der Waals surface area contributed by atoms with Crippen molar-refractivity contribution in [1.82, 2.24) is 4.31 Å². The summed E-state index contributed by atoms with van der Waals surface area (Å²) in [6.07, 6.45) is 0.613. The first-order valence-electron chi connectivity index (χ1n) is 7.54. The van der Waals surface area contributed by atoms with Crippen LogP contribution in [0.1, 0.15) is 36.2 Å². The van der Waals surface area contributed by atoms with E-state index in [1.54, 1.807) is 19.1 Å². The molecule has 1 aliphatic rings. The minimum absolute atomic E-state index is 0.0311. The SMILES string of the molecule is COC(=O)c1ccc(C)c(S(=O)(=O)N2CCC(N)C(C)(C)C2)c1. The van der Waals surface area contributed by atoms with Crippen LogP contribution in [0.3, 0.4) is 0 Å². The number of esters is 1. The second-order valence-corrected chi connectivity index (χ2v) is 8.60. The predicted molar refractivity (Wildman–Crippen MR) is 87.7 cm³/mol. The lowest BCUT2D eigenvalue weighted by molar-refractivity contribution is 0.0600. The molecule has 0 spiro atoms. The normalized spacial score (nSPS) is 21.9. The Hall–Kier alpha value is -1.44. The Kier molecular flexibility index (Phi) is 4.84. The number of carbonyl (C=O) groups is 1. The number of hydrogen-bond acceptors (Lipinski definition) is 5. The second-order valence-electron chi connectivity index (χ2n) is 6.69. The van der Waals surface area contributed by atoms with Crippen LogP contribution < -0.4 is 5.73 Å². The molecule has 1 fully saturated rings. The van der Waals surface area contributed by atoms with Crippen molar-refractivity contribution in [3.05, 3.63) is 29.3 Å². The molecule has 1 saturated heterocycles. The van der Waals surface area contributed by atoms with Gasteiger partial charge < -0.3 is 10.5 Å². The highest BCUT2D eigenvalue weighted by molar-refractivity contribution is 7.89. The summed E-state index contributed by atoms with van der Waals surface area (Å²) in [5, 5.41) is 0. The highest BCUT2D eigenvalue weighted by Crippen LogP contribution is 2.32. The van der Waals surface area contributed by atoms with Crippen LogP contribution in [0.5, 0.6) is 0 Å². The van der Waals surface area contributed by atoms with E-state index in [4.69, 9.17) is 5.73 Å². The molecule has 2 N–H and O–H groups in total. The van der Waals surface area contributed by atoms with Gasteiger partial charge in [-0.25, -0.2) is 13.2 Å². The fraction of sp³-hybridized carbons (Fsp3) is 0.562. The number of sulfonamides is 1. The number of aryl methyl sites for hydroxylation is 1. The summed E-state index contributed by atoms with van der Waals surface area (Å²) in [7, 11) is -2.41. The van der Waals surface area contributed by atoms with E-state index >= 15 is 0 Å². The summed E-state index contributed by atoms with van der Waals surface area (Å²) < 4.78 is 32.1. The van der Waals surface area contributed by atoms with Crippen LogP contribution in [0.25, 0.3) is 0 Å². The van der Waals surface area contributed by atoms with Crippen molar-refractivity contribution in [2.75, 3.05) is 20.2 Å². The predicted octanol–water partition coefficient (Wildman–Crippen LogP) is 1.53. The summed E-state index contributed by atoms with van der Waals surface area (Å²) >= 11 is 0. The molecular weight excluding hydrogens is 316 g/mol. The summed E-state index contributed by atoms with van der Waals surface area (Å²) in [5.74, 6) is -0.553. The average Bonchev–Trinajstić information content (AvgIpc) is 2.49. The summed E-state index contributed by atoms with van der Waals surface area (Å²) in [5.41, 5.74) is 6.62. The Balaban J connectivity index is 2.42. The zero-order chi connectivity index (χ0) is 17.4. The van der Waals surface area contributed by atoms with Crippen molar-refractivity contribution in [3.63, 3.8) is 0 Å². The highest BCUT2D eigenvalue weighted by atomic mass is 32.2. The molecule has 1 unspecified atom stereocenters. The Morgan fingerprint density at radius 1 is 1.39 bits per heavy atom. The quantitative estimate of drug-likeness (QED) is 0.843. The van der Waals surface area contributed by atoms with Gasteiger partial charge >= 0.3 is 5.97 Å². The number of ether oxygens (including phenoxy) is 1. The smallest absolute Gasteiger partial charge is 0.337 e. The van der Waals surface area contributed by atoms with Gasteiger partial charge in [0.1, 0.15) is 0 Å². The molecule has 1 heterocycles. The summed E-state index contributed by atoms with van der Waals surface area (Å²) in [6, 6.07) is 4.55. The maximum atomic E-state index is 13.0. The zero-order valence-corrected chi connectivity index (χ0v) is 14.8. The van der Waals surface area contributed by atoms with Gasteiger partial charge in [-0.15, -0.1) is 0 Å². The van der Waals surface area contributed by atoms with E-state index in [1.165, 1.54) is 17.5 Å². The molecule has 128 valence electrons. The molecule has 0 aliphatic carbocycles. The van der Waals surface area contributed by atoms with Gasteiger partial charge in [-0.1, -0.05) is 19.9 Å². The average molecular weight is 340 g/mol. The van der Waals surface area contributed by atoms with E-state index in [0.717, 1.165) is 0 Å². The van der Waals surface area contributed by atoms with Gasteiger partial charge in [0.05, 0.1) is 17.6 Å². The number of benzene rings is 1. The van der Waals surface area contributed by atoms with Crippen molar-refractivity contribution < 1.29 is 17.9 Å². The van der Waals surface area contributed by atoms with Crippen LogP contribution in [0, 0.1) is 12.3 Å². The summed E-state index contributed by atoms with van der Waals surface area (Å²) in [6.45, 7) is 6.40. The molecule has 1 atom stereocenters. The van der Waals surface area contributed by atoms with Crippen molar-refractivity contribution >= 4 is 16.0 Å². The lowest BCUT2D eigenvalue weighted by Gasteiger charge is -2.41. The molecule has 0 radical (unpaired) electrons. The summed E-state index contributed by atoms with van der Waals surface area (Å²) in [4.78, 5) is 11.8. The topological polar surface area (TPSA) is 89.7 Å². The van der Waals surface area contributed by atoms with Crippen LogP contribution in [0.15, 0.2) is 23.1 Å². The number of rotatable bonds is 3. The minimum Gasteiger partial charge on any atom is -0.465 e. The van der Waals surface area contributed by atoms with Crippen LogP contribution in [-0.2, 0) is 14.8 Å². The second kappa shape index (κ2) is 6.22. The zero-order valence-electron chi connectivity index (χ0n) is 14.0. The number of carbonyl (C=O) groups excluding carboxylic acids is 1. The lowest BCUT2D eigenvalue weighted by Crippen LogP contribution is -2.53. The van der Waals surface area contributed by atoms with Crippen LogP contribution >= 0.6 is 0 Å². The molecule has 1 aromatic rings. The van der Waals surface area contributed by atoms with E-state index in [0.29, 0.717) is 25.1 Å². The maximum absolute atomic E-state index is 13.0. The van der Waals surface area contributed by atoms with E-state index in [2.05, 4.69) is 4.74 Å². The van der Waals surface area contributed by atoms with Crippen molar-refractivity contribution in [1.29, 1.82) is 0 Å². The Morgan fingerprint density at radius 2 is 2.04 bits per heavy atom. The van der Waals surface area contributed by atoms with E-state index in [-0.39, 0.29) is 21.9 Å². The highest BCUT2D eigenvalue weighted by Gasteiger charge is 2.39. The Labute approximate surface area is 137 Å². The van der Waals surface area contributed by atoms with Gasteiger partial charge in [0.25, 0.3) is 0 Å². The molecule has 0 saturated carbocycles. The number of nitrogens with two attached hydrogens (primary N) is 1. The standard InChI is InChI=1S/C16H24N2O4S/c1-11-5-6-12(15(19)22-4)9-13(11)23(20,21)18-8-7-14(17)16(2,3)10-18/h5-6,9,14H,7-8,10,17H2,1-4H3. The van der Waals surface area contributed by atoms with Gasteiger partial charge in [0.2, 0.25) is 10.0 Å². The maximum Gasteiger partial charge on any atom is 0.337 e. The van der Waals surface area contributed by atoms with Gasteiger partial charge in [0.15, 0.2) is 0 Å². The van der Waals surface area contributed by atoms with Crippen LogP contribution in [-0.4, -0.2) is 44.9 Å². The molecular formula is C16H24N2O4S. The van der Waals surface area contributed by atoms with Crippen molar-refractivity contribution in [2.24, 2.45) is 11.1 Å². The number of piperidine rings is 1. The fourth-order valence-corrected chi connectivity index (χ4v) is 4.67. The monoisotopic (exact) mass is 340 g/mol. The molecule has 6 nitrogen and oxygen atoms in total. The third-order valence-electron chi connectivity index (χ3n) is 4.50. The van der Waals surface area contributed by atoms with Gasteiger partial charge in [-0.2, -0.15) is 4.31 Å². The molecule has 2 rings (SSSR count). The number of hydrogen-bond donors (Lipinski definition) is 1. The Bertz CT molecular complexity index is 713. The minimum atomic E-state index is -3.68. The third-order valence-corrected chi connectivity index (χ3v) is 6.49.